The summed E-state index contributed by atoms with van der Waals surface area (Å²) in [7, 11) is 0. The van der Waals surface area contributed by atoms with Crippen LogP contribution in [0, 0.1) is 10.1 Å². The van der Waals surface area contributed by atoms with Crippen LogP contribution in [0.4, 0.5) is 11.6 Å². The van der Waals surface area contributed by atoms with E-state index < -0.39 is 4.92 Å². The summed E-state index contributed by atoms with van der Waals surface area (Å²) in [6.07, 6.45) is 0. The highest BCUT2D eigenvalue weighted by Gasteiger charge is 2.29. The van der Waals surface area contributed by atoms with E-state index in [0.717, 1.165) is 25.6 Å². The van der Waals surface area contributed by atoms with Crippen molar-refractivity contribution in [2.24, 2.45) is 0 Å². The van der Waals surface area contributed by atoms with Crippen molar-refractivity contribution in [3.05, 3.63) is 26.2 Å². The fourth-order valence-corrected chi connectivity index (χ4v) is 3.42. The lowest BCUT2D eigenvalue weighted by atomic mass is 10.2. The van der Waals surface area contributed by atoms with Gasteiger partial charge in [-0.3, -0.25) is 10.1 Å². The monoisotopic (exact) mass is 357 g/mol. The number of hydrogen-bond donors (Lipinski definition) is 1. The molecule has 0 aliphatic carbocycles. The topological polar surface area (TPSA) is 76.2 Å². The molecule has 7 nitrogen and oxygen atoms in total. The van der Waals surface area contributed by atoms with Gasteiger partial charge in [-0.1, -0.05) is 23.2 Å². The predicted octanol–water partition coefficient (Wildman–Crippen LogP) is 3.07. The molecule has 1 fully saturated rings. The van der Waals surface area contributed by atoms with Crippen LogP contribution < -0.4 is 10.2 Å². The van der Waals surface area contributed by atoms with Crippen LogP contribution in [0.2, 0.25) is 10.0 Å². The number of halogens is 2. The summed E-state index contributed by atoms with van der Waals surface area (Å²) in [4.78, 5) is 17.6. The van der Waals surface area contributed by atoms with E-state index in [1.165, 1.54) is 0 Å². The zero-order valence-corrected chi connectivity index (χ0v) is 14.4. The summed E-state index contributed by atoms with van der Waals surface area (Å²) in [6, 6.07) is 1.90. The maximum Gasteiger partial charge on any atom is 0.317 e. The summed E-state index contributed by atoms with van der Waals surface area (Å²) in [5.74, 6) is 0.720. The molecule has 0 spiro atoms. The van der Waals surface area contributed by atoms with Gasteiger partial charge < -0.3 is 14.8 Å². The molecule has 1 aliphatic rings. The summed E-state index contributed by atoms with van der Waals surface area (Å²) >= 11 is 12.1. The summed E-state index contributed by atoms with van der Waals surface area (Å²) in [5, 5.41) is 14.9. The number of imidazole rings is 1. The molecule has 1 atom stereocenters. The standard InChI is InChI=1S/C14H17Cl2N5O2/c1-3-19-10-6-9(15)11(16)13(21(22)23)12(10)18-14(19)20-5-4-17-7-8(20)2/h6,8,17H,3-5,7H2,1-2H3/t8-/m1/s1. The van der Waals surface area contributed by atoms with Gasteiger partial charge in [-0.2, -0.15) is 0 Å². The number of nitro benzene ring substituents is 1. The number of fused-ring (bicyclic) bond motifs is 1. The second-order valence-corrected chi connectivity index (χ2v) is 6.33. The Morgan fingerprint density at radius 1 is 1.52 bits per heavy atom. The van der Waals surface area contributed by atoms with Gasteiger partial charge in [0.15, 0.2) is 5.52 Å². The average molecular weight is 358 g/mol. The average Bonchev–Trinajstić information content (AvgIpc) is 2.85. The number of aromatic nitrogens is 2. The Kier molecular flexibility index (Phi) is 4.35. The molecule has 1 aromatic carbocycles. The molecule has 23 heavy (non-hydrogen) atoms. The van der Waals surface area contributed by atoms with E-state index >= 15 is 0 Å². The molecule has 2 aromatic rings. The first-order valence-corrected chi connectivity index (χ1v) is 8.21. The molecule has 1 aliphatic heterocycles. The zero-order valence-electron chi connectivity index (χ0n) is 12.8. The second-order valence-electron chi connectivity index (χ2n) is 5.55. The Hall–Kier alpha value is -1.57. The van der Waals surface area contributed by atoms with Gasteiger partial charge in [0, 0.05) is 32.2 Å². The molecule has 1 saturated heterocycles. The minimum atomic E-state index is -0.519. The number of nitrogens with one attached hydrogen (secondary N) is 1. The molecule has 3 rings (SSSR count). The van der Waals surface area contributed by atoms with E-state index in [2.05, 4.69) is 22.1 Å². The zero-order chi connectivity index (χ0) is 16.7. The van der Waals surface area contributed by atoms with E-state index in [-0.39, 0.29) is 27.3 Å². The van der Waals surface area contributed by atoms with Gasteiger partial charge in [-0.25, -0.2) is 4.98 Å². The van der Waals surface area contributed by atoms with Gasteiger partial charge in [0.05, 0.1) is 15.5 Å². The number of nitrogens with zero attached hydrogens (tertiary/aromatic N) is 4. The van der Waals surface area contributed by atoms with E-state index in [1.54, 1.807) is 6.07 Å². The van der Waals surface area contributed by atoms with Crippen LogP contribution in [0.25, 0.3) is 11.0 Å². The second kappa shape index (κ2) is 6.14. The summed E-state index contributed by atoms with van der Waals surface area (Å²) in [5.41, 5.74) is 0.687. The van der Waals surface area contributed by atoms with E-state index in [4.69, 9.17) is 23.2 Å². The van der Waals surface area contributed by atoms with Crippen LogP contribution in [0.5, 0.6) is 0 Å². The van der Waals surface area contributed by atoms with Gasteiger partial charge in [-0.05, 0) is 19.9 Å². The molecule has 1 N–H and O–H groups in total. The van der Waals surface area contributed by atoms with Crippen molar-refractivity contribution >= 4 is 45.9 Å². The van der Waals surface area contributed by atoms with Crippen molar-refractivity contribution in [1.29, 1.82) is 0 Å². The molecular formula is C14H17Cl2N5O2. The Balaban J connectivity index is 2.28. The Morgan fingerprint density at radius 3 is 2.87 bits per heavy atom. The van der Waals surface area contributed by atoms with E-state index in [9.17, 15) is 10.1 Å². The fourth-order valence-electron chi connectivity index (χ4n) is 3.01. The van der Waals surface area contributed by atoms with Gasteiger partial charge >= 0.3 is 5.69 Å². The number of piperazine rings is 1. The first-order chi connectivity index (χ1) is 11.0. The molecular weight excluding hydrogens is 341 g/mol. The summed E-state index contributed by atoms with van der Waals surface area (Å²) < 4.78 is 1.95. The predicted molar refractivity (Wildman–Crippen MR) is 91.8 cm³/mol. The summed E-state index contributed by atoms with van der Waals surface area (Å²) in [6.45, 7) is 7.19. The number of hydrogen-bond acceptors (Lipinski definition) is 5. The number of rotatable bonds is 3. The maximum atomic E-state index is 11.4. The quantitative estimate of drug-likeness (QED) is 0.674. The molecule has 0 unspecified atom stereocenters. The van der Waals surface area contributed by atoms with Crippen molar-refractivity contribution < 1.29 is 4.92 Å². The molecule has 9 heteroatoms. The van der Waals surface area contributed by atoms with Crippen molar-refractivity contribution in [3.63, 3.8) is 0 Å². The van der Waals surface area contributed by atoms with Crippen LogP contribution in [-0.2, 0) is 6.54 Å². The molecule has 1 aromatic heterocycles. The van der Waals surface area contributed by atoms with Gasteiger partial charge in [0.25, 0.3) is 0 Å². The minimum Gasteiger partial charge on any atom is -0.337 e. The highest BCUT2D eigenvalue weighted by atomic mass is 35.5. The highest BCUT2D eigenvalue weighted by Crippen LogP contribution is 2.40. The van der Waals surface area contributed by atoms with Crippen molar-refractivity contribution in [1.82, 2.24) is 14.9 Å². The van der Waals surface area contributed by atoms with Crippen molar-refractivity contribution in [3.8, 4) is 0 Å². The van der Waals surface area contributed by atoms with Crippen molar-refractivity contribution in [2.75, 3.05) is 24.5 Å². The highest BCUT2D eigenvalue weighted by molar-refractivity contribution is 6.44. The number of aryl methyl sites for hydroxylation is 1. The van der Waals surface area contributed by atoms with Gasteiger partial charge in [0.1, 0.15) is 5.02 Å². The largest absolute Gasteiger partial charge is 0.337 e. The minimum absolute atomic E-state index is 0.0650. The third kappa shape index (κ3) is 2.62. The first-order valence-electron chi connectivity index (χ1n) is 7.45. The van der Waals surface area contributed by atoms with Gasteiger partial charge in [0.2, 0.25) is 5.95 Å². The van der Waals surface area contributed by atoms with Crippen molar-refractivity contribution in [2.45, 2.75) is 26.4 Å². The Labute approximate surface area is 143 Å². The lowest BCUT2D eigenvalue weighted by Crippen LogP contribution is -2.50. The van der Waals surface area contributed by atoms with Gasteiger partial charge in [-0.15, -0.1) is 0 Å². The van der Waals surface area contributed by atoms with E-state index in [0.29, 0.717) is 12.1 Å². The fraction of sp³-hybridized carbons (Fsp3) is 0.500. The SMILES string of the molecule is CCn1c(N2CCNC[C@H]2C)nc2c([N+](=O)[O-])c(Cl)c(Cl)cc21. The molecule has 0 radical (unpaired) electrons. The number of nitro groups is 1. The Bertz CT molecular complexity index is 776. The Morgan fingerprint density at radius 2 is 2.26 bits per heavy atom. The van der Waals surface area contributed by atoms with Crippen LogP contribution >= 0.6 is 23.2 Å². The smallest absolute Gasteiger partial charge is 0.317 e. The third-order valence-electron chi connectivity index (χ3n) is 4.15. The van der Waals surface area contributed by atoms with E-state index in [1.807, 2.05) is 11.5 Å². The first kappa shape index (κ1) is 16.3. The van der Waals surface area contributed by atoms with Crippen LogP contribution in [0.1, 0.15) is 13.8 Å². The number of benzene rings is 1. The molecule has 0 bridgehead atoms. The normalized spacial score (nSPS) is 18.6. The molecule has 124 valence electrons. The third-order valence-corrected chi connectivity index (χ3v) is 4.93. The molecule has 2 heterocycles. The molecule has 0 amide bonds. The lowest BCUT2D eigenvalue weighted by molar-refractivity contribution is -0.383. The lowest BCUT2D eigenvalue weighted by Gasteiger charge is -2.34. The molecule has 0 saturated carbocycles. The maximum absolute atomic E-state index is 11.4. The van der Waals surface area contributed by atoms with Crippen LogP contribution in [0.15, 0.2) is 6.07 Å². The number of anilines is 1. The van der Waals surface area contributed by atoms with Crippen LogP contribution in [-0.4, -0.2) is 40.2 Å². The van der Waals surface area contributed by atoms with Crippen LogP contribution in [0.3, 0.4) is 0 Å².